The van der Waals surface area contributed by atoms with Gasteiger partial charge in [0.1, 0.15) is 0 Å². The number of likely N-dealkylation sites (tertiary alicyclic amines) is 1. The van der Waals surface area contributed by atoms with E-state index in [0.717, 1.165) is 49.5 Å². The van der Waals surface area contributed by atoms with Crippen molar-refractivity contribution in [3.05, 3.63) is 69.5 Å². The van der Waals surface area contributed by atoms with Crippen molar-refractivity contribution in [3.8, 4) is 0 Å². The molecule has 5 heteroatoms. The molecule has 0 spiro atoms. The predicted octanol–water partition coefficient (Wildman–Crippen LogP) is 4.04. The molecule has 1 unspecified atom stereocenters. The van der Waals surface area contributed by atoms with E-state index < -0.39 is 6.41 Å². The molecule has 1 saturated heterocycles. The van der Waals surface area contributed by atoms with Gasteiger partial charge in [0, 0.05) is 36.5 Å². The lowest BCUT2D eigenvalue weighted by atomic mass is 9.88. The van der Waals surface area contributed by atoms with Crippen LogP contribution in [0, 0.1) is 0 Å². The molecule has 27 heavy (non-hydrogen) atoms. The number of hydrogen-bond acceptors (Lipinski definition) is 4. The quantitative estimate of drug-likeness (QED) is 0.811. The molecule has 0 bridgehead atoms. The Morgan fingerprint density at radius 1 is 1.15 bits per heavy atom. The summed E-state index contributed by atoms with van der Waals surface area (Å²) in [7, 11) is 0. The molecule has 1 N–H and O–H groups in total. The fraction of sp³-hybridized carbons (Fsp3) is 0.409. The maximum Gasteiger partial charge on any atom is 0.216 e. The van der Waals surface area contributed by atoms with E-state index in [1.54, 1.807) is 0 Å². The highest BCUT2D eigenvalue weighted by molar-refractivity contribution is 6.30. The van der Waals surface area contributed by atoms with Crippen LogP contribution in [0.2, 0.25) is 5.02 Å². The second kappa shape index (κ2) is 8.11. The molecule has 1 aromatic heterocycles. The number of nitrogens with zero attached hydrogens (tertiary/aromatic N) is 2. The van der Waals surface area contributed by atoms with E-state index in [4.69, 9.17) is 21.3 Å². The fourth-order valence-corrected chi connectivity index (χ4v) is 4.35. The molecule has 1 atom stereocenters. The van der Waals surface area contributed by atoms with Crippen LogP contribution in [-0.4, -0.2) is 41.1 Å². The Morgan fingerprint density at radius 2 is 1.93 bits per heavy atom. The minimum absolute atomic E-state index is 0.511. The molecule has 1 aliphatic carbocycles. The molecular weight excluding hydrogens is 360 g/mol. The van der Waals surface area contributed by atoms with Gasteiger partial charge in [0.05, 0.1) is 5.69 Å². The van der Waals surface area contributed by atoms with Gasteiger partial charge in [-0.25, -0.2) is 0 Å². The monoisotopic (exact) mass is 384 g/mol. The molecule has 1 aromatic carbocycles. The van der Waals surface area contributed by atoms with Gasteiger partial charge in [0.25, 0.3) is 0 Å². The molecule has 0 amide bonds. The van der Waals surface area contributed by atoms with Gasteiger partial charge in [-0.3, -0.25) is 9.88 Å². The number of pyridine rings is 1. The maximum atomic E-state index is 10.1. The van der Waals surface area contributed by atoms with Gasteiger partial charge in [0.15, 0.2) is 0 Å². The Morgan fingerprint density at radius 3 is 2.70 bits per heavy atom. The van der Waals surface area contributed by atoms with Crippen molar-refractivity contribution in [3.63, 3.8) is 0 Å². The molecule has 2 heterocycles. The van der Waals surface area contributed by atoms with Crippen molar-refractivity contribution in [2.45, 2.75) is 39.0 Å². The first-order valence-electron chi connectivity index (χ1n) is 9.66. The van der Waals surface area contributed by atoms with E-state index in [1.165, 1.54) is 27.8 Å². The maximum absolute atomic E-state index is 10.1. The highest BCUT2D eigenvalue weighted by atomic mass is 35.5. The Balaban J connectivity index is 1.74. The summed E-state index contributed by atoms with van der Waals surface area (Å²) >= 11 is 6.28. The van der Waals surface area contributed by atoms with Gasteiger partial charge in [0.2, 0.25) is 6.41 Å². The highest BCUT2D eigenvalue weighted by Crippen LogP contribution is 2.38. The first-order valence-corrected chi connectivity index (χ1v) is 10.0. The fourth-order valence-electron chi connectivity index (χ4n) is 4.15. The normalized spacial score (nSPS) is 18.6. The summed E-state index contributed by atoms with van der Waals surface area (Å²) in [5, 5.41) is 10.9. The number of fused-ring (bicyclic) bond motifs is 2. The number of benzene rings is 1. The van der Waals surface area contributed by atoms with Crippen LogP contribution >= 0.6 is 11.6 Å². The average Bonchev–Trinajstić information content (AvgIpc) is 2.85. The van der Waals surface area contributed by atoms with Gasteiger partial charge < -0.3 is 9.84 Å². The molecule has 2 aromatic rings. The number of hydrogen-bond donors (Lipinski definition) is 1. The third kappa shape index (κ3) is 3.81. The summed E-state index contributed by atoms with van der Waals surface area (Å²) in [5.41, 5.74) is 7.61. The standard InChI is InChI=1S/C22H25ClN2O2/c1-2-27-22(26)25-12-9-15(10-13-25)20-19-8-7-18(23)14-17(19)6-5-16-4-3-11-24-21(16)20/h3-4,7-8,11,14,22,26H,2,5-6,9-10,12-13H2,1H3. The van der Waals surface area contributed by atoms with Crippen LogP contribution in [0.1, 0.15) is 42.1 Å². The Kier molecular flexibility index (Phi) is 5.60. The van der Waals surface area contributed by atoms with Crippen molar-refractivity contribution < 1.29 is 9.84 Å². The van der Waals surface area contributed by atoms with Crippen LogP contribution in [0.25, 0.3) is 5.57 Å². The minimum Gasteiger partial charge on any atom is -0.356 e. The lowest BCUT2D eigenvalue weighted by Crippen LogP contribution is -2.41. The number of aryl methyl sites for hydroxylation is 2. The third-order valence-electron chi connectivity index (χ3n) is 5.51. The second-order valence-corrected chi connectivity index (χ2v) is 7.55. The number of aromatic nitrogens is 1. The van der Waals surface area contributed by atoms with Gasteiger partial charge >= 0.3 is 0 Å². The van der Waals surface area contributed by atoms with Crippen LogP contribution in [-0.2, 0) is 17.6 Å². The Hall–Kier alpha value is -1.72. The van der Waals surface area contributed by atoms with E-state index >= 15 is 0 Å². The minimum atomic E-state index is -0.813. The van der Waals surface area contributed by atoms with E-state index in [9.17, 15) is 5.11 Å². The lowest BCUT2D eigenvalue weighted by Gasteiger charge is -2.33. The number of aliphatic hydroxyl groups excluding tert-OH is 1. The molecule has 0 radical (unpaired) electrons. The largest absolute Gasteiger partial charge is 0.356 e. The first-order chi connectivity index (χ1) is 13.2. The SMILES string of the molecule is CCOC(O)N1CCC(=C2c3ccc(Cl)cc3CCc3cccnc32)CC1. The van der Waals surface area contributed by atoms with Crippen LogP contribution in [0.4, 0.5) is 0 Å². The average molecular weight is 385 g/mol. The lowest BCUT2D eigenvalue weighted by molar-refractivity contribution is -0.192. The molecule has 4 rings (SSSR count). The molecule has 1 fully saturated rings. The molecule has 0 saturated carbocycles. The zero-order valence-corrected chi connectivity index (χ0v) is 16.4. The number of halogens is 1. The van der Waals surface area contributed by atoms with Gasteiger partial charge in [-0.15, -0.1) is 0 Å². The summed E-state index contributed by atoms with van der Waals surface area (Å²) in [5.74, 6) is 0. The van der Waals surface area contributed by atoms with Gasteiger partial charge in [-0.1, -0.05) is 29.3 Å². The summed E-state index contributed by atoms with van der Waals surface area (Å²) in [6.07, 6.45) is 4.82. The number of aliphatic hydroxyl groups is 1. The van der Waals surface area contributed by atoms with Gasteiger partial charge in [-0.2, -0.15) is 0 Å². The second-order valence-electron chi connectivity index (χ2n) is 7.11. The molecule has 1 aliphatic heterocycles. The van der Waals surface area contributed by atoms with Crippen molar-refractivity contribution >= 4 is 17.2 Å². The van der Waals surface area contributed by atoms with Crippen molar-refractivity contribution in [1.29, 1.82) is 0 Å². The van der Waals surface area contributed by atoms with Crippen molar-refractivity contribution in [2.75, 3.05) is 19.7 Å². The summed E-state index contributed by atoms with van der Waals surface area (Å²) < 4.78 is 5.35. The Bertz CT molecular complexity index is 855. The number of rotatable bonds is 3. The number of ether oxygens (including phenoxy) is 1. The summed E-state index contributed by atoms with van der Waals surface area (Å²) in [4.78, 5) is 6.75. The third-order valence-corrected chi connectivity index (χ3v) is 5.75. The molecule has 4 nitrogen and oxygen atoms in total. The van der Waals surface area contributed by atoms with E-state index in [0.29, 0.717) is 6.61 Å². The summed E-state index contributed by atoms with van der Waals surface area (Å²) in [6.45, 7) is 3.98. The predicted molar refractivity (Wildman–Crippen MR) is 108 cm³/mol. The van der Waals surface area contributed by atoms with Crippen molar-refractivity contribution in [1.82, 2.24) is 9.88 Å². The van der Waals surface area contributed by atoms with Crippen LogP contribution in [0.3, 0.4) is 0 Å². The van der Waals surface area contributed by atoms with Gasteiger partial charge in [-0.05, 0) is 67.5 Å². The molecule has 2 aliphatic rings. The highest BCUT2D eigenvalue weighted by Gasteiger charge is 2.27. The van der Waals surface area contributed by atoms with Crippen LogP contribution < -0.4 is 0 Å². The van der Waals surface area contributed by atoms with E-state index in [-0.39, 0.29) is 0 Å². The van der Waals surface area contributed by atoms with E-state index in [1.807, 2.05) is 30.2 Å². The summed E-state index contributed by atoms with van der Waals surface area (Å²) in [6, 6.07) is 10.4. The topological polar surface area (TPSA) is 45.6 Å². The zero-order valence-electron chi connectivity index (χ0n) is 15.6. The van der Waals surface area contributed by atoms with Crippen LogP contribution in [0.15, 0.2) is 42.1 Å². The van der Waals surface area contributed by atoms with Crippen molar-refractivity contribution in [2.24, 2.45) is 0 Å². The first kappa shape index (κ1) is 18.6. The van der Waals surface area contributed by atoms with Crippen LogP contribution in [0.5, 0.6) is 0 Å². The van der Waals surface area contributed by atoms with E-state index in [2.05, 4.69) is 18.2 Å². The number of piperidine rings is 1. The zero-order chi connectivity index (χ0) is 18.8. The molecule has 142 valence electrons. The molecular formula is C22H25ClN2O2. The Labute approximate surface area is 165 Å². The smallest absolute Gasteiger partial charge is 0.216 e.